The highest BCUT2D eigenvalue weighted by atomic mass is 32.1. The predicted octanol–water partition coefficient (Wildman–Crippen LogP) is 7.12. The van der Waals surface area contributed by atoms with Crippen LogP contribution in [0.25, 0.3) is 22.2 Å². The zero-order valence-electron chi connectivity index (χ0n) is 22.2. The molecule has 1 amide bonds. The summed E-state index contributed by atoms with van der Waals surface area (Å²) < 4.78 is 5.90. The number of nitrogens with one attached hydrogen (secondary N) is 2. The lowest BCUT2D eigenvalue weighted by atomic mass is 9.89. The van der Waals surface area contributed by atoms with Crippen molar-refractivity contribution in [3.05, 3.63) is 76.2 Å². The molecule has 2 aromatic carbocycles. The van der Waals surface area contributed by atoms with Crippen molar-refractivity contribution in [1.82, 2.24) is 10.3 Å². The number of thiocarbonyl (C=S) groups is 1. The molecular formula is C31H30N4O2S2. The van der Waals surface area contributed by atoms with E-state index in [-0.39, 0.29) is 11.0 Å². The molecule has 0 unspecified atom stereocenters. The van der Waals surface area contributed by atoms with E-state index in [1.807, 2.05) is 48.5 Å². The molecule has 5 rings (SSSR count). The van der Waals surface area contributed by atoms with Crippen LogP contribution < -0.4 is 15.4 Å². The van der Waals surface area contributed by atoms with E-state index in [4.69, 9.17) is 21.9 Å². The van der Waals surface area contributed by atoms with Gasteiger partial charge in [-0.3, -0.25) is 10.1 Å². The van der Waals surface area contributed by atoms with Crippen LogP contribution in [-0.4, -0.2) is 22.6 Å². The maximum atomic E-state index is 13.5. The molecule has 0 saturated carbocycles. The van der Waals surface area contributed by atoms with Gasteiger partial charge in [0, 0.05) is 15.8 Å². The summed E-state index contributed by atoms with van der Waals surface area (Å²) in [5, 5.41) is 17.3. The number of anilines is 1. The number of benzene rings is 2. The predicted molar refractivity (Wildman–Crippen MR) is 161 cm³/mol. The number of thiophene rings is 1. The van der Waals surface area contributed by atoms with Crippen LogP contribution in [0.5, 0.6) is 5.75 Å². The number of hydrogen-bond donors (Lipinski definition) is 2. The number of para-hydroxylation sites is 1. The van der Waals surface area contributed by atoms with E-state index in [0.717, 1.165) is 41.5 Å². The van der Waals surface area contributed by atoms with Gasteiger partial charge >= 0.3 is 0 Å². The van der Waals surface area contributed by atoms with Crippen LogP contribution in [0.4, 0.5) is 5.00 Å². The molecule has 1 aliphatic rings. The van der Waals surface area contributed by atoms with Crippen molar-refractivity contribution in [3.63, 3.8) is 0 Å². The second kappa shape index (κ2) is 11.5. The van der Waals surface area contributed by atoms with Crippen molar-refractivity contribution in [1.29, 1.82) is 5.26 Å². The summed E-state index contributed by atoms with van der Waals surface area (Å²) in [7, 11) is 0. The molecule has 6 nitrogen and oxygen atoms in total. The fourth-order valence-electron chi connectivity index (χ4n) is 4.78. The van der Waals surface area contributed by atoms with Crippen LogP contribution >= 0.6 is 23.6 Å². The second-order valence-corrected chi connectivity index (χ2v) is 11.9. The van der Waals surface area contributed by atoms with Gasteiger partial charge < -0.3 is 10.1 Å². The minimum Gasteiger partial charge on any atom is -0.493 e. The average molecular weight is 555 g/mol. The van der Waals surface area contributed by atoms with Crippen molar-refractivity contribution in [3.8, 4) is 23.1 Å². The van der Waals surface area contributed by atoms with Crippen LogP contribution in [0.1, 0.15) is 53.6 Å². The highest BCUT2D eigenvalue weighted by molar-refractivity contribution is 7.80. The molecular weight excluding hydrogens is 525 g/mol. The van der Waals surface area contributed by atoms with Gasteiger partial charge in [0.25, 0.3) is 5.91 Å². The molecule has 198 valence electrons. The van der Waals surface area contributed by atoms with Crippen molar-refractivity contribution in [2.24, 2.45) is 11.8 Å². The first kappa shape index (κ1) is 26.8. The normalized spacial score (nSPS) is 14.5. The van der Waals surface area contributed by atoms with Crippen molar-refractivity contribution in [2.75, 3.05) is 11.9 Å². The lowest BCUT2D eigenvalue weighted by Crippen LogP contribution is -2.34. The summed E-state index contributed by atoms with van der Waals surface area (Å²) in [5.41, 5.74) is 4.44. The van der Waals surface area contributed by atoms with Gasteiger partial charge in [-0.25, -0.2) is 4.98 Å². The zero-order chi connectivity index (χ0) is 27.5. The number of fused-ring (bicyclic) bond motifs is 2. The summed E-state index contributed by atoms with van der Waals surface area (Å²) in [6.07, 6.45) is 2.93. The van der Waals surface area contributed by atoms with E-state index in [1.165, 1.54) is 4.88 Å². The fourth-order valence-corrected chi connectivity index (χ4v) is 6.41. The molecule has 2 heterocycles. The van der Waals surface area contributed by atoms with Crippen LogP contribution in [0.3, 0.4) is 0 Å². The van der Waals surface area contributed by atoms with Gasteiger partial charge in [0.15, 0.2) is 5.11 Å². The molecule has 0 saturated heterocycles. The minimum atomic E-state index is -0.340. The Hall–Kier alpha value is -3.80. The van der Waals surface area contributed by atoms with Crippen LogP contribution in [0.15, 0.2) is 54.6 Å². The molecule has 1 aliphatic carbocycles. The smallest absolute Gasteiger partial charge is 0.258 e. The van der Waals surface area contributed by atoms with Gasteiger partial charge in [0.2, 0.25) is 0 Å². The minimum absolute atomic E-state index is 0.162. The van der Waals surface area contributed by atoms with Crippen molar-refractivity contribution >= 4 is 50.5 Å². The number of hydrogen-bond acceptors (Lipinski definition) is 6. The van der Waals surface area contributed by atoms with Gasteiger partial charge in [0.1, 0.15) is 16.8 Å². The lowest BCUT2D eigenvalue weighted by Gasteiger charge is -2.17. The number of carbonyl (C=O) groups is 1. The van der Waals surface area contributed by atoms with Crippen molar-refractivity contribution < 1.29 is 9.53 Å². The Morgan fingerprint density at radius 3 is 2.85 bits per heavy atom. The average Bonchev–Trinajstić information content (AvgIpc) is 3.26. The summed E-state index contributed by atoms with van der Waals surface area (Å²) >= 11 is 7.08. The van der Waals surface area contributed by atoms with E-state index < -0.39 is 0 Å². The number of carbonyl (C=O) groups excluding carboxylic acids is 1. The SMILES string of the molecule is CC(C)COc1cccc(-c2cc(C(=O)NC(=S)Nc3sc4c(c3C#N)CC[C@@H](C)C4)c3ccccc3n2)c1. The monoisotopic (exact) mass is 554 g/mol. The first-order chi connectivity index (χ1) is 18.8. The lowest BCUT2D eigenvalue weighted by molar-refractivity contribution is 0.0979. The van der Waals surface area contributed by atoms with E-state index in [9.17, 15) is 10.1 Å². The molecule has 0 radical (unpaired) electrons. The number of pyridine rings is 1. The van der Waals surface area contributed by atoms with E-state index in [0.29, 0.717) is 45.8 Å². The highest BCUT2D eigenvalue weighted by Crippen LogP contribution is 2.39. The Morgan fingerprint density at radius 1 is 1.23 bits per heavy atom. The highest BCUT2D eigenvalue weighted by Gasteiger charge is 2.25. The van der Waals surface area contributed by atoms with E-state index in [1.54, 1.807) is 17.4 Å². The Bertz CT molecular complexity index is 1600. The third-order valence-electron chi connectivity index (χ3n) is 6.75. The van der Waals surface area contributed by atoms with Gasteiger partial charge in [-0.05, 0) is 73.1 Å². The van der Waals surface area contributed by atoms with E-state index in [2.05, 4.69) is 37.5 Å². The maximum Gasteiger partial charge on any atom is 0.258 e. The molecule has 2 aromatic heterocycles. The standard InChI is InChI=1S/C31H30N4O2S2/c1-18(2)17-37-21-8-6-7-20(14-21)27-15-24(22-9-4-5-10-26(22)33-27)29(36)34-31(38)35-30-25(16-32)23-12-11-19(3)13-28(23)39-30/h4-10,14-15,18-19H,11-13,17H2,1-3H3,(H2,34,35,36,38)/t19-/m1/s1. The van der Waals surface area contributed by atoms with Gasteiger partial charge in [-0.1, -0.05) is 51.1 Å². The summed E-state index contributed by atoms with van der Waals surface area (Å²) in [6.45, 7) is 7.06. The molecule has 0 aliphatic heterocycles. The number of ether oxygens (including phenoxy) is 1. The largest absolute Gasteiger partial charge is 0.493 e. The Morgan fingerprint density at radius 2 is 2.05 bits per heavy atom. The Balaban J connectivity index is 1.41. The number of aromatic nitrogens is 1. The molecule has 1 atom stereocenters. The van der Waals surface area contributed by atoms with Gasteiger partial charge in [-0.2, -0.15) is 5.26 Å². The quantitative estimate of drug-likeness (QED) is 0.247. The Kier molecular flexibility index (Phi) is 7.92. The summed E-state index contributed by atoms with van der Waals surface area (Å²) in [5.74, 6) is 1.42. The third-order valence-corrected chi connectivity index (χ3v) is 8.13. The van der Waals surface area contributed by atoms with Gasteiger partial charge in [-0.15, -0.1) is 11.3 Å². The van der Waals surface area contributed by atoms with Crippen LogP contribution in [0.2, 0.25) is 0 Å². The van der Waals surface area contributed by atoms with Gasteiger partial charge in [0.05, 0.1) is 28.9 Å². The molecule has 0 bridgehead atoms. The Labute approximate surface area is 238 Å². The molecule has 0 fully saturated rings. The van der Waals surface area contributed by atoms with E-state index >= 15 is 0 Å². The first-order valence-electron chi connectivity index (χ1n) is 13.1. The fraction of sp³-hybridized carbons (Fsp3) is 0.290. The molecule has 4 aromatic rings. The second-order valence-electron chi connectivity index (χ2n) is 10.4. The maximum absolute atomic E-state index is 13.5. The molecule has 2 N–H and O–H groups in total. The zero-order valence-corrected chi connectivity index (χ0v) is 23.8. The van der Waals surface area contributed by atoms with Crippen molar-refractivity contribution in [2.45, 2.75) is 40.0 Å². The van der Waals surface area contributed by atoms with Crippen LogP contribution in [-0.2, 0) is 12.8 Å². The third kappa shape index (κ3) is 5.95. The number of rotatable bonds is 6. The number of amides is 1. The summed E-state index contributed by atoms with van der Waals surface area (Å²) in [6, 6.07) is 19.4. The topological polar surface area (TPSA) is 87.0 Å². The number of nitrogens with zero attached hydrogens (tertiary/aromatic N) is 2. The first-order valence-corrected chi connectivity index (χ1v) is 14.3. The molecule has 8 heteroatoms. The number of nitriles is 1. The molecule has 0 spiro atoms. The van der Waals surface area contributed by atoms with Crippen LogP contribution in [0, 0.1) is 23.2 Å². The molecule has 39 heavy (non-hydrogen) atoms. The summed E-state index contributed by atoms with van der Waals surface area (Å²) in [4.78, 5) is 19.6.